The molecule has 4 N–H and O–H groups in total. The predicted octanol–water partition coefficient (Wildman–Crippen LogP) is 6.96. The van der Waals surface area contributed by atoms with Gasteiger partial charge in [0.2, 0.25) is 10.3 Å². The zero-order valence-electron chi connectivity index (χ0n) is 35.4. The number of pyridine rings is 1. The van der Waals surface area contributed by atoms with Gasteiger partial charge in [-0.3, -0.25) is 19.8 Å². The van der Waals surface area contributed by atoms with Gasteiger partial charge in [-0.15, -0.1) is 11.3 Å². The molecule has 0 saturated carbocycles. The molecular formula is C48H46N12O3S2. The van der Waals surface area contributed by atoms with E-state index >= 15 is 0 Å². The summed E-state index contributed by atoms with van der Waals surface area (Å²) in [4.78, 5) is 56.4. The molecule has 2 atom stereocenters. The second-order valence-corrected chi connectivity index (χ2v) is 18.1. The number of piperazine rings is 1. The molecule has 3 aliphatic heterocycles. The largest absolute Gasteiger partial charge is 0.368 e. The minimum atomic E-state index is -0.434. The third-order valence-corrected chi connectivity index (χ3v) is 13.5. The fraction of sp³-hybridized carbons (Fsp3) is 0.250. The van der Waals surface area contributed by atoms with Gasteiger partial charge in [-0.2, -0.15) is 15.2 Å². The average molecular weight is 903 g/mol. The number of hydrazone groups is 2. The van der Waals surface area contributed by atoms with Gasteiger partial charge in [0.15, 0.2) is 5.71 Å². The van der Waals surface area contributed by atoms with Gasteiger partial charge < -0.3 is 25.4 Å². The van der Waals surface area contributed by atoms with Crippen molar-refractivity contribution in [1.29, 1.82) is 0 Å². The van der Waals surface area contributed by atoms with Gasteiger partial charge in [0.1, 0.15) is 16.2 Å². The number of benzene rings is 3. The standard InChI is InChI=1S/C48H46N12O3S2/c61-44(50-22-19-31-13-17-38(18-14-31)59-28-36-15-16-37(29-59)53-36)35-25-34-20-24-58(43(34)51-26-35)23-8-7-21-49-45(62)40-27-52-47(65-40)56-55-42-41(33-11-5-2-6-12-33)57-60(46(42)63)48-54-39(30-64-48)32-9-3-1-4-10-32/h1-6,9-14,17-18,20,24-27,30,36-37,53H,7-8,15-16,19,21-23,28-29H2,(H,49,62)(H,50,61)(H,52,56)/b55-42+/t36-,37+. The van der Waals surface area contributed by atoms with Crippen molar-refractivity contribution in [2.45, 2.75) is 50.7 Å². The van der Waals surface area contributed by atoms with Crippen LogP contribution >= 0.6 is 22.7 Å². The van der Waals surface area contributed by atoms with E-state index in [-0.39, 0.29) is 17.5 Å². The van der Waals surface area contributed by atoms with Gasteiger partial charge in [-0.1, -0.05) is 84.1 Å². The number of nitrogens with zero attached hydrogens (tertiary/aromatic N) is 8. The molecule has 10 rings (SSSR count). The molecule has 65 heavy (non-hydrogen) atoms. The second kappa shape index (κ2) is 18.9. The highest BCUT2D eigenvalue weighted by atomic mass is 32.1. The molecule has 2 fully saturated rings. The van der Waals surface area contributed by atoms with Crippen LogP contribution in [0.2, 0.25) is 0 Å². The van der Waals surface area contributed by atoms with E-state index in [1.807, 2.05) is 84.4 Å². The SMILES string of the molecule is O=C(NCCc1ccc(N2C[C@H]3CC[C@@H](C2)N3)cc1)c1cnc2c(ccn2CCCCNC(=O)c2cnc(N/N=C3/C(=O)N(c4nc(-c5ccccc5)cs4)N=C3c3ccccc3)s2)c1. The Labute approximate surface area is 383 Å². The van der Waals surface area contributed by atoms with E-state index in [2.05, 4.69) is 80.3 Å². The van der Waals surface area contributed by atoms with Crippen LogP contribution in [-0.2, 0) is 17.8 Å². The third-order valence-electron chi connectivity index (χ3n) is 11.8. The molecule has 3 aromatic carbocycles. The van der Waals surface area contributed by atoms with E-state index < -0.39 is 5.91 Å². The van der Waals surface area contributed by atoms with Gasteiger partial charge in [0.05, 0.1) is 17.5 Å². The van der Waals surface area contributed by atoms with Crippen molar-refractivity contribution in [1.82, 2.24) is 35.5 Å². The lowest BCUT2D eigenvalue weighted by molar-refractivity contribution is -0.112. The molecule has 4 aromatic heterocycles. The first-order valence-electron chi connectivity index (χ1n) is 21.8. The van der Waals surface area contributed by atoms with Gasteiger partial charge in [-0.25, -0.2) is 15.0 Å². The Balaban J connectivity index is 0.677. The maximum absolute atomic E-state index is 13.7. The summed E-state index contributed by atoms with van der Waals surface area (Å²) in [6.07, 6.45) is 9.94. The van der Waals surface area contributed by atoms with Gasteiger partial charge in [0.25, 0.3) is 11.8 Å². The predicted molar refractivity (Wildman–Crippen MR) is 257 cm³/mol. The van der Waals surface area contributed by atoms with E-state index in [1.165, 1.54) is 46.6 Å². The molecule has 0 aliphatic carbocycles. The summed E-state index contributed by atoms with van der Waals surface area (Å²) in [5, 5.41) is 23.6. The summed E-state index contributed by atoms with van der Waals surface area (Å²) < 4.78 is 2.07. The highest BCUT2D eigenvalue weighted by Crippen LogP contribution is 2.31. The van der Waals surface area contributed by atoms with E-state index in [0.717, 1.165) is 71.5 Å². The Morgan fingerprint density at radius 3 is 2.37 bits per heavy atom. The monoisotopic (exact) mass is 902 g/mol. The number of hydrogen-bond donors (Lipinski definition) is 4. The number of unbranched alkanes of at least 4 members (excludes halogenated alkanes) is 1. The van der Waals surface area contributed by atoms with Crippen molar-refractivity contribution < 1.29 is 14.4 Å². The molecule has 2 saturated heterocycles. The van der Waals surface area contributed by atoms with E-state index in [9.17, 15) is 14.4 Å². The Bertz CT molecular complexity index is 2880. The lowest BCUT2D eigenvalue weighted by atomic mass is 10.1. The number of amides is 3. The molecule has 7 aromatic rings. The molecule has 7 heterocycles. The summed E-state index contributed by atoms with van der Waals surface area (Å²) in [5.74, 6) is -0.818. The number of nitrogens with one attached hydrogen (secondary N) is 4. The number of thiazole rings is 2. The fourth-order valence-corrected chi connectivity index (χ4v) is 9.89. The topological polar surface area (TPSA) is 174 Å². The first-order chi connectivity index (χ1) is 31.9. The Hall–Kier alpha value is -7.08. The summed E-state index contributed by atoms with van der Waals surface area (Å²) in [7, 11) is 0. The van der Waals surface area contributed by atoms with Crippen LogP contribution < -0.4 is 31.3 Å². The number of aromatic nitrogens is 4. The molecule has 328 valence electrons. The average Bonchev–Trinajstić information content (AvgIpc) is 4.21. The van der Waals surface area contributed by atoms with E-state index in [4.69, 9.17) is 0 Å². The maximum atomic E-state index is 13.7. The first-order valence-corrected chi connectivity index (χ1v) is 23.5. The molecule has 0 spiro atoms. The van der Waals surface area contributed by atoms with E-state index in [0.29, 0.717) is 58.1 Å². The molecular weight excluding hydrogens is 857 g/mol. The van der Waals surface area contributed by atoms with Crippen LogP contribution in [0.4, 0.5) is 16.0 Å². The smallest absolute Gasteiger partial charge is 0.303 e. The summed E-state index contributed by atoms with van der Waals surface area (Å²) >= 11 is 2.46. The van der Waals surface area contributed by atoms with E-state index in [1.54, 1.807) is 6.20 Å². The lowest BCUT2D eigenvalue weighted by Gasteiger charge is -2.34. The minimum absolute atomic E-state index is 0.103. The number of rotatable bonds is 16. The number of aryl methyl sites for hydroxylation is 1. The molecule has 15 nitrogen and oxygen atoms in total. The van der Waals surface area contributed by atoms with Crippen molar-refractivity contribution in [2.75, 3.05) is 41.5 Å². The normalized spacial score (nSPS) is 17.5. The number of carbonyl (C=O) groups excluding carboxylic acids is 3. The maximum Gasteiger partial charge on any atom is 0.303 e. The third kappa shape index (κ3) is 9.43. The Morgan fingerprint density at radius 2 is 1.58 bits per heavy atom. The number of carbonyl (C=O) groups is 3. The van der Waals surface area contributed by atoms with Crippen LogP contribution in [0.5, 0.6) is 0 Å². The zero-order valence-corrected chi connectivity index (χ0v) is 37.0. The van der Waals surface area contributed by atoms with Crippen LogP contribution in [0.15, 0.2) is 131 Å². The van der Waals surface area contributed by atoms with Crippen LogP contribution in [0.25, 0.3) is 22.3 Å². The lowest BCUT2D eigenvalue weighted by Crippen LogP contribution is -2.51. The molecule has 3 amide bonds. The molecule has 0 unspecified atom stereocenters. The number of fused-ring (bicyclic) bond motifs is 3. The zero-order chi connectivity index (χ0) is 44.1. The Morgan fingerprint density at radius 1 is 0.831 bits per heavy atom. The second-order valence-electron chi connectivity index (χ2n) is 16.2. The van der Waals surface area contributed by atoms with Gasteiger partial charge in [-0.05, 0) is 61.9 Å². The summed E-state index contributed by atoms with van der Waals surface area (Å²) in [6.45, 7) is 3.86. The van der Waals surface area contributed by atoms with Gasteiger partial charge >= 0.3 is 5.91 Å². The molecule has 2 bridgehead atoms. The number of anilines is 3. The number of hydrogen-bond acceptors (Lipinski definition) is 13. The first kappa shape index (κ1) is 41.9. The van der Waals surface area contributed by atoms with Crippen molar-refractivity contribution in [2.24, 2.45) is 10.2 Å². The molecule has 0 radical (unpaired) electrons. The van der Waals surface area contributed by atoms with Crippen LogP contribution in [0.3, 0.4) is 0 Å². The van der Waals surface area contributed by atoms with Crippen LogP contribution in [0, 0.1) is 0 Å². The van der Waals surface area contributed by atoms with Crippen LogP contribution in [-0.4, -0.2) is 86.9 Å². The van der Waals surface area contributed by atoms with Crippen molar-refractivity contribution >= 4 is 78.8 Å². The fourth-order valence-electron chi connectivity index (χ4n) is 8.44. The highest BCUT2D eigenvalue weighted by molar-refractivity contribution is 7.17. The molecule has 3 aliphatic rings. The highest BCUT2D eigenvalue weighted by Gasteiger charge is 2.36. The Kier molecular flexibility index (Phi) is 12.2. The van der Waals surface area contributed by atoms with Gasteiger partial charge in [0, 0.05) is 84.8 Å². The quantitative estimate of drug-likeness (QED) is 0.0591. The van der Waals surface area contributed by atoms with Crippen molar-refractivity contribution in [3.05, 3.63) is 143 Å². The van der Waals surface area contributed by atoms with Crippen molar-refractivity contribution in [3.63, 3.8) is 0 Å². The summed E-state index contributed by atoms with van der Waals surface area (Å²) in [5.41, 5.74) is 9.59. The van der Waals surface area contributed by atoms with Crippen LogP contribution in [0.1, 0.15) is 56.8 Å². The summed E-state index contributed by atoms with van der Waals surface area (Å²) in [6, 6.07) is 32.9. The van der Waals surface area contributed by atoms with Crippen molar-refractivity contribution in [3.8, 4) is 11.3 Å². The minimum Gasteiger partial charge on any atom is -0.368 e. The molecule has 17 heteroatoms.